The molecule has 2 aromatic rings. The minimum Gasteiger partial charge on any atom is -0.378 e. The summed E-state index contributed by atoms with van der Waals surface area (Å²) in [4.78, 5) is 19.9. The second-order valence-corrected chi connectivity index (χ2v) is 13.3. The van der Waals surface area contributed by atoms with Crippen LogP contribution in [0.25, 0.3) is 0 Å². The van der Waals surface area contributed by atoms with E-state index >= 15 is 0 Å². The summed E-state index contributed by atoms with van der Waals surface area (Å²) in [6.07, 6.45) is 5.48. The Morgan fingerprint density at radius 2 is 1.74 bits per heavy atom. The fourth-order valence-corrected chi connectivity index (χ4v) is 7.22. The van der Waals surface area contributed by atoms with Gasteiger partial charge in [0.05, 0.1) is 5.41 Å². The second-order valence-electron chi connectivity index (χ2n) is 13.3. The monoisotopic (exact) mass is 541 g/mol. The molecule has 6 aliphatic rings. The number of halogens is 3. The van der Waals surface area contributed by atoms with Gasteiger partial charge in [-0.3, -0.25) is 4.79 Å². The number of anilines is 1. The zero-order valence-corrected chi connectivity index (χ0v) is 22.6. The zero-order chi connectivity index (χ0) is 27.9. The number of hydrogen-bond acceptors (Lipinski definition) is 5. The number of rotatable bonds is 6. The Hall–Kier alpha value is -2.86. The maximum absolute atomic E-state index is 14.4. The average Bonchev–Trinajstić information content (AvgIpc) is 3.36. The fraction of sp³-hybridized carbons (Fsp3) is 0.633. The first kappa shape index (κ1) is 26.4. The van der Waals surface area contributed by atoms with Gasteiger partial charge in [-0.15, -0.1) is 0 Å². The molecule has 4 bridgehead atoms. The largest absolute Gasteiger partial charge is 0.378 e. The Kier molecular flexibility index (Phi) is 5.63. The molecule has 1 heterocycles. The Labute approximate surface area is 226 Å². The molecule has 6 nitrogen and oxygen atoms in total. The van der Waals surface area contributed by atoms with Crippen LogP contribution in [0.2, 0.25) is 0 Å². The van der Waals surface area contributed by atoms with Crippen LogP contribution in [0.3, 0.4) is 0 Å². The topological polar surface area (TPSA) is 79.5 Å². The molecule has 8 rings (SSSR count). The van der Waals surface area contributed by atoms with Crippen LogP contribution in [0, 0.1) is 22.7 Å². The van der Waals surface area contributed by atoms with Crippen molar-refractivity contribution in [2.75, 3.05) is 11.4 Å². The molecule has 1 N–H and O–H groups in total. The summed E-state index contributed by atoms with van der Waals surface area (Å²) in [7, 11) is 0. The first-order valence-electron chi connectivity index (χ1n) is 13.7. The van der Waals surface area contributed by atoms with Crippen LogP contribution < -0.4 is 4.90 Å². The van der Waals surface area contributed by atoms with Crippen molar-refractivity contribution in [1.29, 1.82) is 0 Å². The van der Waals surface area contributed by atoms with Gasteiger partial charge in [-0.1, -0.05) is 23.1 Å². The summed E-state index contributed by atoms with van der Waals surface area (Å²) in [6.45, 7) is 4.49. The molecule has 0 radical (unpaired) electrons. The summed E-state index contributed by atoms with van der Waals surface area (Å²) in [5, 5.41) is 14.0. The van der Waals surface area contributed by atoms with Crippen molar-refractivity contribution in [2.24, 2.45) is 10.8 Å². The number of amides is 1. The molecule has 9 heteroatoms. The molecule has 0 saturated heterocycles. The SMILES string of the molecule is CC(C)(O)C#Cc1cccc(N(CC23CCC(c4noc(C(C)(F)F)n4)(CC2)CC3)C(=O)C23CC(F)(C2)C3)c1. The zero-order valence-electron chi connectivity index (χ0n) is 22.6. The predicted octanol–water partition coefficient (Wildman–Crippen LogP) is 5.82. The lowest BCUT2D eigenvalue weighted by Crippen LogP contribution is -2.71. The Morgan fingerprint density at radius 3 is 2.28 bits per heavy atom. The number of aliphatic hydroxyl groups is 1. The predicted molar refractivity (Wildman–Crippen MR) is 138 cm³/mol. The highest BCUT2D eigenvalue weighted by Gasteiger charge is 2.73. The molecule has 1 aromatic heterocycles. The van der Waals surface area contributed by atoms with E-state index in [0.717, 1.165) is 51.1 Å². The van der Waals surface area contributed by atoms with Crippen LogP contribution in [0.5, 0.6) is 0 Å². The third-order valence-corrected chi connectivity index (χ3v) is 9.51. The maximum atomic E-state index is 14.4. The van der Waals surface area contributed by atoms with Gasteiger partial charge in [-0.2, -0.15) is 13.8 Å². The van der Waals surface area contributed by atoms with Gasteiger partial charge in [0.15, 0.2) is 5.82 Å². The minimum atomic E-state index is -3.18. The molecule has 0 aliphatic heterocycles. The molecular formula is C30H34F3N3O3. The van der Waals surface area contributed by atoms with Crippen LogP contribution in [0.15, 0.2) is 28.8 Å². The summed E-state index contributed by atoms with van der Waals surface area (Å²) in [5.41, 5.74) is -2.06. The van der Waals surface area contributed by atoms with Crippen molar-refractivity contribution in [3.05, 3.63) is 41.5 Å². The van der Waals surface area contributed by atoms with E-state index in [1.165, 1.54) is 0 Å². The number of nitrogens with zero attached hydrogens (tertiary/aromatic N) is 3. The van der Waals surface area contributed by atoms with Crippen LogP contribution >= 0.6 is 0 Å². The van der Waals surface area contributed by atoms with Crippen molar-refractivity contribution in [3.63, 3.8) is 0 Å². The fourth-order valence-electron chi connectivity index (χ4n) is 7.22. The van der Waals surface area contributed by atoms with Gasteiger partial charge in [0, 0.05) is 30.1 Å². The molecule has 1 aromatic carbocycles. The molecule has 208 valence electrons. The van der Waals surface area contributed by atoms with Crippen molar-refractivity contribution >= 4 is 11.6 Å². The quantitative estimate of drug-likeness (QED) is 0.466. The van der Waals surface area contributed by atoms with Crippen molar-refractivity contribution in [2.45, 2.75) is 101 Å². The summed E-state index contributed by atoms with van der Waals surface area (Å²) in [6, 6.07) is 7.45. The molecule has 0 unspecified atom stereocenters. The van der Waals surface area contributed by atoms with Crippen LogP contribution in [0.4, 0.5) is 18.9 Å². The van der Waals surface area contributed by atoms with E-state index in [2.05, 4.69) is 22.0 Å². The van der Waals surface area contributed by atoms with E-state index in [0.29, 0.717) is 17.9 Å². The molecular weight excluding hydrogens is 507 g/mol. The summed E-state index contributed by atoms with van der Waals surface area (Å²) in [5.74, 6) is 2.32. The van der Waals surface area contributed by atoms with Gasteiger partial charge < -0.3 is 14.5 Å². The lowest BCUT2D eigenvalue weighted by atomic mass is 9.41. The molecule has 6 saturated carbocycles. The molecule has 0 spiro atoms. The normalized spacial score (nSPS) is 33.0. The Bertz CT molecular complexity index is 1330. The summed E-state index contributed by atoms with van der Waals surface area (Å²) >= 11 is 0. The molecule has 6 fully saturated rings. The van der Waals surface area contributed by atoms with E-state index in [4.69, 9.17) is 4.52 Å². The highest BCUT2D eigenvalue weighted by Crippen LogP contribution is 2.70. The number of benzene rings is 1. The van der Waals surface area contributed by atoms with E-state index in [-0.39, 0.29) is 36.0 Å². The highest BCUT2D eigenvalue weighted by atomic mass is 19.3. The second kappa shape index (κ2) is 8.33. The van der Waals surface area contributed by atoms with Gasteiger partial charge >= 0.3 is 5.92 Å². The number of carbonyl (C=O) groups excluding carboxylic acids is 1. The molecule has 0 atom stereocenters. The van der Waals surface area contributed by atoms with Crippen LogP contribution in [-0.4, -0.2) is 39.0 Å². The van der Waals surface area contributed by atoms with E-state index < -0.39 is 28.5 Å². The standard InChI is InChI=1S/C30H34F3N3O3/c1-25(2,38)8-7-20-5-4-6-21(15-20)36(24(37)29-16-30(33,17-29)18-29)19-27-9-12-28(13-10-27,14-11-27)22-34-23(39-35-22)26(3,31)32/h4-6,15,38H,9-14,16-19H2,1-3H3. The van der Waals surface area contributed by atoms with Gasteiger partial charge in [0.2, 0.25) is 5.91 Å². The number of hydrogen-bond donors (Lipinski definition) is 1. The third-order valence-electron chi connectivity index (χ3n) is 9.51. The first-order valence-corrected chi connectivity index (χ1v) is 13.7. The van der Waals surface area contributed by atoms with Crippen molar-refractivity contribution in [3.8, 4) is 11.8 Å². The van der Waals surface area contributed by atoms with Crippen LogP contribution in [-0.2, 0) is 16.1 Å². The first-order chi connectivity index (χ1) is 18.1. The van der Waals surface area contributed by atoms with Crippen LogP contribution in [0.1, 0.15) is 95.8 Å². The number of carbonyl (C=O) groups is 1. The lowest BCUT2D eigenvalue weighted by Gasteiger charge is -2.65. The van der Waals surface area contributed by atoms with E-state index in [9.17, 15) is 23.1 Å². The maximum Gasteiger partial charge on any atom is 0.322 e. The Balaban J connectivity index is 1.25. The van der Waals surface area contributed by atoms with E-state index in [1.807, 2.05) is 29.2 Å². The van der Waals surface area contributed by atoms with Crippen molar-refractivity contribution < 1.29 is 27.6 Å². The number of fused-ring (bicyclic) bond motifs is 3. The Morgan fingerprint density at radius 1 is 1.10 bits per heavy atom. The highest BCUT2D eigenvalue weighted by molar-refractivity contribution is 6.00. The average molecular weight is 542 g/mol. The minimum absolute atomic E-state index is 0.0283. The molecule has 1 amide bonds. The molecule has 6 aliphatic carbocycles. The van der Waals surface area contributed by atoms with Crippen molar-refractivity contribution in [1.82, 2.24) is 10.1 Å². The summed E-state index contributed by atoms with van der Waals surface area (Å²) < 4.78 is 46.8. The van der Waals surface area contributed by atoms with Gasteiger partial charge in [-0.25, -0.2) is 4.39 Å². The van der Waals surface area contributed by atoms with E-state index in [1.54, 1.807) is 13.8 Å². The third kappa shape index (κ3) is 4.55. The number of aromatic nitrogens is 2. The van der Waals surface area contributed by atoms with Gasteiger partial charge in [0.1, 0.15) is 11.3 Å². The van der Waals surface area contributed by atoms with Gasteiger partial charge in [0.25, 0.3) is 5.89 Å². The van der Waals surface area contributed by atoms with Gasteiger partial charge in [-0.05, 0) is 95.2 Å². The lowest BCUT2D eigenvalue weighted by molar-refractivity contribution is -0.211. The molecule has 39 heavy (non-hydrogen) atoms. The smallest absolute Gasteiger partial charge is 0.322 e. The number of alkyl halides is 3.